The molecule has 0 aliphatic heterocycles. The molecule has 1 nitrogen and oxygen atoms in total. The van der Waals surface area contributed by atoms with E-state index in [9.17, 15) is 0 Å². The fourth-order valence-corrected chi connectivity index (χ4v) is 12.7. The number of benzene rings is 6. The molecular formula is C52H49N. The van der Waals surface area contributed by atoms with Gasteiger partial charge in [-0.25, -0.2) is 0 Å². The zero-order chi connectivity index (χ0) is 35.1. The van der Waals surface area contributed by atoms with Crippen molar-refractivity contribution in [2.75, 3.05) is 4.90 Å². The lowest BCUT2D eigenvalue weighted by Crippen LogP contribution is -2.49. The lowest BCUT2D eigenvalue weighted by molar-refractivity contribution is 0.0492. The normalized spacial score (nSPS) is 24.1. The molecule has 53 heavy (non-hydrogen) atoms. The van der Waals surface area contributed by atoms with Gasteiger partial charge in [-0.05, 0) is 137 Å². The quantitative estimate of drug-likeness (QED) is 0.174. The fourth-order valence-electron chi connectivity index (χ4n) is 12.7. The zero-order valence-corrected chi connectivity index (χ0v) is 31.0. The van der Waals surface area contributed by atoms with Gasteiger partial charge < -0.3 is 4.90 Å². The Morgan fingerprint density at radius 1 is 0.509 bits per heavy atom. The van der Waals surface area contributed by atoms with E-state index in [1.165, 1.54) is 120 Å². The lowest BCUT2D eigenvalue weighted by atomic mass is 9.49. The highest BCUT2D eigenvalue weighted by atomic mass is 15.1. The van der Waals surface area contributed by atoms with Crippen molar-refractivity contribution in [2.24, 2.45) is 17.8 Å². The van der Waals surface area contributed by atoms with Crippen LogP contribution in [-0.2, 0) is 10.8 Å². The molecule has 5 aliphatic rings. The Balaban J connectivity index is 1.15. The van der Waals surface area contributed by atoms with Crippen LogP contribution in [-0.4, -0.2) is 0 Å². The van der Waals surface area contributed by atoms with Gasteiger partial charge in [-0.2, -0.15) is 0 Å². The summed E-state index contributed by atoms with van der Waals surface area (Å²) in [6.07, 6.45) is 13.2. The van der Waals surface area contributed by atoms with Crippen LogP contribution in [0, 0.1) is 17.8 Å². The molecule has 0 saturated heterocycles. The van der Waals surface area contributed by atoms with Gasteiger partial charge in [0.15, 0.2) is 0 Å². The van der Waals surface area contributed by atoms with E-state index < -0.39 is 0 Å². The van der Waals surface area contributed by atoms with Gasteiger partial charge in [0.2, 0.25) is 0 Å². The fraction of sp³-hybridized carbons (Fsp3) is 0.308. The number of anilines is 3. The maximum atomic E-state index is 2.67. The number of para-hydroxylation sites is 1. The molecule has 1 heteroatoms. The van der Waals surface area contributed by atoms with E-state index in [1.54, 1.807) is 16.7 Å². The average molecular weight is 688 g/mol. The molecule has 0 aromatic heterocycles. The van der Waals surface area contributed by atoms with Crippen molar-refractivity contribution in [1.82, 2.24) is 0 Å². The highest BCUT2D eigenvalue weighted by molar-refractivity contribution is 5.92. The van der Waals surface area contributed by atoms with Gasteiger partial charge in [0.1, 0.15) is 0 Å². The third kappa shape index (κ3) is 4.43. The van der Waals surface area contributed by atoms with E-state index in [4.69, 9.17) is 0 Å². The molecule has 6 aromatic carbocycles. The molecule has 2 atom stereocenters. The first-order chi connectivity index (χ1) is 26.2. The second kappa shape index (κ2) is 12.1. The summed E-state index contributed by atoms with van der Waals surface area (Å²) in [7, 11) is 0. The minimum Gasteiger partial charge on any atom is -0.310 e. The summed E-state index contributed by atoms with van der Waals surface area (Å²) >= 11 is 0. The van der Waals surface area contributed by atoms with E-state index in [2.05, 4.69) is 151 Å². The van der Waals surface area contributed by atoms with Crippen molar-refractivity contribution in [3.8, 4) is 33.4 Å². The lowest BCUT2D eigenvalue weighted by Gasteiger charge is -2.55. The van der Waals surface area contributed by atoms with Crippen LogP contribution in [0.5, 0.6) is 0 Å². The van der Waals surface area contributed by atoms with Crippen molar-refractivity contribution in [2.45, 2.75) is 82.0 Å². The zero-order valence-electron chi connectivity index (χ0n) is 31.0. The number of nitrogens with zero attached hydrogens (tertiary/aromatic N) is 1. The van der Waals surface area contributed by atoms with Crippen LogP contribution in [0.3, 0.4) is 0 Å². The van der Waals surface area contributed by atoms with Gasteiger partial charge in [0, 0.05) is 27.8 Å². The first-order valence-corrected chi connectivity index (χ1v) is 20.6. The maximum Gasteiger partial charge on any atom is 0.0540 e. The monoisotopic (exact) mass is 687 g/mol. The van der Waals surface area contributed by atoms with Gasteiger partial charge in [-0.3, -0.25) is 0 Å². The topological polar surface area (TPSA) is 3.24 Å². The molecule has 0 radical (unpaired) electrons. The summed E-state index contributed by atoms with van der Waals surface area (Å²) in [5.74, 6) is 2.25. The smallest absolute Gasteiger partial charge is 0.0540 e. The Morgan fingerprint density at radius 3 is 1.75 bits per heavy atom. The van der Waals surface area contributed by atoms with Crippen LogP contribution in [0.25, 0.3) is 33.4 Å². The minimum atomic E-state index is 0.101. The van der Waals surface area contributed by atoms with Crippen molar-refractivity contribution in [1.29, 1.82) is 0 Å². The summed E-state index contributed by atoms with van der Waals surface area (Å²) in [5, 5.41) is 0. The Labute approximate surface area is 315 Å². The molecule has 11 rings (SSSR count). The van der Waals surface area contributed by atoms with E-state index in [0.717, 1.165) is 5.92 Å². The molecule has 5 aliphatic carbocycles. The second-order valence-electron chi connectivity index (χ2n) is 17.0. The van der Waals surface area contributed by atoms with Crippen LogP contribution < -0.4 is 4.90 Å². The van der Waals surface area contributed by atoms with Gasteiger partial charge in [-0.15, -0.1) is 0 Å². The standard InChI is InChI=1S/C52H49N/c1-2-35-31-37-17-14-18-38(32-35)52(37)47-23-10-7-21-43(47)45-28-26-40(34-49(45)52)53(50-24-11-8-19-41(50)36-15-4-3-5-16-36)39-25-27-44-42-20-6-9-22-46(42)51(48(44)33-39)29-12-13-30-51/h3-11,15-16,19-28,33-35,37-38H,2,12-14,17-18,29-32H2,1H3. The Bertz CT molecular complexity index is 2350. The first-order valence-electron chi connectivity index (χ1n) is 20.6. The van der Waals surface area contributed by atoms with Gasteiger partial charge in [0.05, 0.1) is 5.69 Å². The summed E-state index contributed by atoms with van der Waals surface area (Å²) in [6.45, 7) is 2.43. The molecule has 2 bridgehead atoms. The number of rotatable bonds is 5. The Kier molecular flexibility index (Phi) is 7.20. The van der Waals surface area contributed by atoms with Crippen molar-refractivity contribution in [3.63, 3.8) is 0 Å². The third-order valence-corrected chi connectivity index (χ3v) is 14.8. The molecular weight excluding hydrogens is 639 g/mol. The molecule has 2 spiro atoms. The number of hydrogen-bond donors (Lipinski definition) is 0. The van der Waals surface area contributed by atoms with E-state index in [1.807, 2.05) is 0 Å². The molecule has 3 saturated carbocycles. The van der Waals surface area contributed by atoms with Gasteiger partial charge >= 0.3 is 0 Å². The Morgan fingerprint density at radius 2 is 1.06 bits per heavy atom. The van der Waals surface area contributed by atoms with E-state index >= 15 is 0 Å². The number of fused-ring (bicyclic) bond motifs is 8. The Hall–Kier alpha value is -4.88. The van der Waals surface area contributed by atoms with Crippen molar-refractivity contribution in [3.05, 3.63) is 162 Å². The molecule has 2 unspecified atom stereocenters. The van der Waals surface area contributed by atoms with E-state index in [0.29, 0.717) is 11.8 Å². The van der Waals surface area contributed by atoms with Crippen LogP contribution >= 0.6 is 0 Å². The predicted octanol–water partition coefficient (Wildman–Crippen LogP) is 14.2. The van der Waals surface area contributed by atoms with Crippen LogP contribution in [0.2, 0.25) is 0 Å². The SMILES string of the molecule is CCC1CC2CCCC(C1)C21c2ccccc2-c2ccc(N(c3ccc4c(c3)C3(CCCC3)c3ccccc3-4)c3ccccc3-c3ccccc3)cc21. The summed E-state index contributed by atoms with van der Waals surface area (Å²) < 4.78 is 0. The predicted molar refractivity (Wildman–Crippen MR) is 221 cm³/mol. The number of hydrogen-bond acceptors (Lipinski definition) is 1. The summed E-state index contributed by atoms with van der Waals surface area (Å²) in [4.78, 5) is 2.62. The van der Waals surface area contributed by atoms with Crippen LogP contribution in [0.15, 0.2) is 140 Å². The highest BCUT2D eigenvalue weighted by Gasteiger charge is 2.57. The average Bonchev–Trinajstić information content (AvgIpc) is 3.89. The van der Waals surface area contributed by atoms with E-state index in [-0.39, 0.29) is 10.8 Å². The van der Waals surface area contributed by atoms with Gasteiger partial charge in [-0.1, -0.05) is 142 Å². The third-order valence-electron chi connectivity index (χ3n) is 14.8. The van der Waals surface area contributed by atoms with Crippen molar-refractivity contribution >= 4 is 17.1 Å². The first kappa shape index (κ1) is 31.6. The molecule has 0 heterocycles. The second-order valence-corrected chi connectivity index (χ2v) is 17.0. The maximum absolute atomic E-state index is 2.67. The molecule has 6 aromatic rings. The summed E-state index contributed by atoms with van der Waals surface area (Å²) in [6, 6.07) is 54.0. The highest BCUT2D eigenvalue weighted by Crippen LogP contribution is 2.66. The van der Waals surface area contributed by atoms with Gasteiger partial charge in [0.25, 0.3) is 0 Å². The molecule has 0 N–H and O–H groups in total. The molecule has 262 valence electrons. The van der Waals surface area contributed by atoms with Crippen molar-refractivity contribution < 1.29 is 0 Å². The van der Waals surface area contributed by atoms with Crippen LogP contribution in [0.1, 0.15) is 93.4 Å². The van der Waals surface area contributed by atoms with Crippen LogP contribution in [0.4, 0.5) is 17.1 Å². The minimum absolute atomic E-state index is 0.101. The summed E-state index contributed by atoms with van der Waals surface area (Å²) in [5.41, 5.74) is 18.7. The molecule has 3 fully saturated rings. The largest absolute Gasteiger partial charge is 0.310 e. The molecule has 0 amide bonds.